The predicted octanol–water partition coefficient (Wildman–Crippen LogP) is 4.36. The number of nitrogens with zero attached hydrogens (tertiary/aromatic N) is 2. The number of thiophene rings is 1. The van der Waals surface area contributed by atoms with Gasteiger partial charge in [0.05, 0.1) is 10.3 Å². The zero-order valence-electron chi connectivity index (χ0n) is 15.9. The molecule has 5 nitrogen and oxygen atoms in total. The first-order chi connectivity index (χ1) is 13.0. The summed E-state index contributed by atoms with van der Waals surface area (Å²) >= 11 is 1.32. The van der Waals surface area contributed by atoms with E-state index in [0.29, 0.717) is 15.1 Å². The molecule has 0 bridgehead atoms. The van der Waals surface area contributed by atoms with Crippen LogP contribution in [-0.4, -0.2) is 15.5 Å². The number of hydrogen-bond acceptors (Lipinski definition) is 4. The van der Waals surface area contributed by atoms with Crippen molar-refractivity contribution in [3.63, 3.8) is 0 Å². The molecule has 0 saturated carbocycles. The third-order valence-corrected chi connectivity index (χ3v) is 6.44. The van der Waals surface area contributed by atoms with Gasteiger partial charge < -0.3 is 5.32 Å². The normalized spacial score (nSPS) is 14.0. The zero-order chi connectivity index (χ0) is 19.1. The van der Waals surface area contributed by atoms with E-state index in [2.05, 4.69) is 5.32 Å². The molecule has 1 aromatic carbocycles. The molecule has 0 atom stereocenters. The van der Waals surface area contributed by atoms with Gasteiger partial charge in [0.25, 0.3) is 11.5 Å². The van der Waals surface area contributed by atoms with Crippen molar-refractivity contribution in [3.05, 3.63) is 55.9 Å². The van der Waals surface area contributed by atoms with Crippen LogP contribution in [0, 0.1) is 20.8 Å². The first-order valence-corrected chi connectivity index (χ1v) is 10.2. The molecule has 0 fully saturated rings. The fourth-order valence-electron chi connectivity index (χ4n) is 3.68. The number of benzene rings is 1. The highest BCUT2D eigenvalue weighted by Gasteiger charge is 2.22. The largest absolute Gasteiger partial charge is 0.321 e. The predicted molar refractivity (Wildman–Crippen MR) is 110 cm³/mol. The van der Waals surface area contributed by atoms with E-state index in [4.69, 9.17) is 4.98 Å². The van der Waals surface area contributed by atoms with Crippen LogP contribution in [0.2, 0.25) is 0 Å². The van der Waals surface area contributed by atoms with Crippen molar-refractivity contribution in [3.8, 4) is 0 Å². The number of rotatable bonds is 2. The quantitative estimate of drug-likeness (QED) is 0.717. The number of hydrogen-bond donors (Lipinski definition) is 1. The van der Waals surface area contributed by atoms with Crippen LogP contribution in [0.25, 0.3) is 10.2 Å². The lowest BCUT2D eigenvalue weighted by molar-refractivity contribution is 0.103. The second kappa shape index (κ2) is 6.93. The minimum Gasteiger partial charge on any atom is -0.321 e. The van der Waals surface area contributed by atoms with Gasteiger partial charge in [0.15, 0.2) is 0 Å². The molecule has 1 amide bonds. The van der Waals surface area contributed by atoms with Gasteiger partial charge in [-0.25, -0.2) is 4.98 Å². The van der Waals surface area contributed by atoms with Crippen LogP contribution in [-0.2, 0) is 13.0 Å². The highest BCUT2D eigenvalue weighted by atomic mass is 32.1. The third kappa shape index (κ3) is 3.18. The maximum Gasteiger partial charge on any atom is 0.266 e. The van der Waals surface area contributed by atoms with Crippen LogP contribution < -0.4 is 10.9 Å². The molecule has 2 aromatic heterocycles. The summed E-state index contributed by atoms with van der Waals surface area (Å²) in [7, 11) is 0. The van der Waals surface area contributed by atoms with Crippen molar-refractivity contribution in [2.75, 3.05) is 5.32 Å². The van der Waals surface area contributed by atoms with E-state index in [-0.39, 0.29) is 11.5 Å². The summed E-state index contributed by atoms with van der Waals surface area (Å²) < 4.78 is 1.81. The Morgan fingerprint density at radius 3 is 2.81 bits per heavy atom. The summed E-state index contributed by atoms with van der Waals surface area (Å²) in [5.74, 6) is 0.677. The van der Waals surface area contributed by atoms with Crippen molar-refractivity contribution in [1.82, 2.24) is 9.55 Å². The van der Waals surface area contributed by atoms with Gasteiger partial charge in [-0.2, -0.15) is 0 Å². The van der Waals surface area contributed by atoms with E-state index in [1.54, 1.807) is 4.57 Å². The number of nitrogens with one attached hydrogen (secondary N) is 1. The lowest BCUT2D eigenvalue weighted by Gasteiger charge is -2.09. The van der Waals surface area contributed by atoms with E-state index in [9.17, 15) is 9.59 Å². The smallest absolute Gasteiger partial charge is 0.266 e. The van der Waals surface area contributed by atoms with Gasteiger partial charge in [0, 0.05) is 18.7 Å². The molecule has 0 aliphatic carbocycles. The molecule has 1 N–H and O–H groups in total. The van der Waals surface area contributed by atoms with Crippen LogP contribution in [0.5, 0.6) is 0 Å². The Bertz CT molecular complexity index is 1110. The maximum absolute atomic E-state index is 13.0. The Kier molecular flexibility index (Phi) is 4.60. The fraction of sp³-hybridized carbons (Fsp3) is 0.381. The molecule has 0 saturated heterocycles. The van der Waals surface area contributed by atoms with Crippen molar-refractivity contribution < 1.29 is 4.79 Å². The van der Waals surface area contributed by atoms with Gasteiger partial charge in [0.2, 0.25) is 0 Å². The standard InChI is InChI=1S/C21H23N3O2S/c1-12-8-9-13(2)15(11-12)22-19(25)18-14(3)17-20(27-18)23-16-7-5-4-6-10-24(16)21(17)26/h8-9,11H,4-7,10H2,1-3H3,(H,22,25). The lowest BCUT2D eigenvalue weighted by Crippen LogP contribution is -2.24. The van der Waals surface area contributed by atoms with Crippen LogP contribution in [0.15, 0.2) is 23.0 Å². The molecule has 6 heteroatoms. The molecule has 1 aliphatic heterocycles. The minimum absolute atomic E-state index is 0.00330. The van der Waals surface area contributed by atoms with Gasteiger partial charge >= 0.3 is 0 Å². The minimum atomic E-state index is -0.177. The van der Waals surface area contributed by atoms with E-state index in [0.717, 1.165) is 60.4 Å². The molecule has 0 unspecified atom stereocenters. The summed E-state index contributed by atoms with van der Waals surface area (Å²) in [5.41, 5.74) is 3.63. The first-order valence-electron chi connectivity index (χ1n) is 9.37. The highest BCUT2D eigenvalue weighted by molar-refractivity contribution is 7.20. The average Bonchev–Trinajstić information content (AvgIpc) is 2.80. The number of aromatic nitrogens is 2. The molecule has 3 aromatic rings. The van der Waals surface area contributed by atoms with Crippen molar-refractivity contribution in [2.45, 2.75) is 53.0 Å². The summed E-state index contributed by atoms with van der Waals surface area (Å²) in [6.45, 7) is 6.54. The third-order valence-electron chi connectivity index (χ3n) is 5.26. The van der Waals surface area contributed by atoms with Crippen LogP contribution in [0.1, 0.15) is 51.4 Å². The molecule has 4 rings (SSSR count). The molecule has 27 heavy (non-hydrogen) atoms. The SMILES string of the molecule is Cc1ccc(C)c(NC(=O)c2sc3nc4n(c(=O)c3c2C)CCCCC4)c1. The molecule has 0 spiro atoms. The number of aryl methyl sites for hydroxylation is 4. The monoisotopic (exact) mass is 381 g/mol. The van der Waals surface area contributed by atoms with E-state index in [1.165, 1.54) is 11.3 Å². The molecule has 1 aliphatic rings. The Labute approximate surface area is 162 Å². The van der Waals surface area contributed by atoms with E-state index >= 15 is 0 Å². The number of fused-ring (bicyclic) bond motifs is 2. The molecule has 140 valence electrons. The fourth-order valence-corrected chi connectivity index (χ4v) is 4.76. The first kappa shape index (κ1) is 17.9. The molecule has 3 heterocycles. The second-order valence-electron chi connectivity index (χ2n) is 7.30. The van der Waals surface area contributed by atoms with Gasteiger partial charge in [-0.1, -0.05) is 18.6 Å². The zero-order valence-corrected chi connectivity index (χ0v) is 16.7. The van der Waals surface area contributed by atoms with Crippen LogP contribution >= 0.6 is 11.3 Å². The molecular formula is C21H23N3O2S. The Morgan fingerprint density at radius 1 is 1.19 bits per heavy atom. The van der Waals surface area contributed by atoms with Gasteiger partial charge in [-0.3, -0.25) is 14.2 Å². The maximum atomic E-state index is 13.0. The topological polar surface area (TPSA) is 64.0 Å². The summed E-state index contributed by atoms with van der Waals surface area (Å²) in [4.78, 5) is 31.9. The van der Waals surface area contributed by atoms with Crippen molar-refractivity contribution >= 4 is 33.1 Å². The van der Waals surface area contributed by atoms with Gasteiger partial charge in [0.1, 0.15) is 10.7 Å². The van der Waals surface area contributed by atoms with E-state index < -0.39 is 0 Å². The summed E-state index contributed by atoms with van der Waals surface area (Å²) in [6, 6.07) is 5.98. The van der Waals surface area contributed by atoms with E-state index in [1.807, 2.05) is 39.0 Å². The molecule has 0 radical (unpaired) electrons. The van der Waals surface area contributed by atoms with Gasteiger partial charge in [-0.05, 0) is 56.4 Å². The van der Waals surface area contributed by atoms with Crippen LogP contribution in [0.4, 0.5) is 5.69 Å². The van der Waals surface area contributed by atoms with Crippen molar-refractivity contribution in [2.24, 2.45) is 0 Å². The number of anilines is 1. The number of amides is 1. The average molecular weight is 382 g/mol. The Balaban J connectivity index is 1.77. The van der Waals surface area contributed by atoms with Gasteiger partial charge in [-0.15, -0.1) is 11.3 Å². The summed E-state index contributed by atoms with van der Waals surface area (Å²) in [6.07, 6.45) is 4.01. The number of carbonyl (C=O) groups is 1. The highest BCUT2D eigenvalue weighted by Crippen LogP contribution is 2.29. The summed E-state index contributed by atoms with van der Waals surface area (Å²) in [5, 5.41) is 3.60. The second-order valence-corrected chi connectivity index (χ2v) is 8.30. The van der Waals surface area contributed by atoms with Crippen molar-refractivity contribution in [1.29, 1.82) is 0 Å². The Hall–Kier alpha value is -2.47. The lowest BCUT2D eigenvalue weighted by atomic mass is 10.1. The Morgan fingerprint density at radius 2 is 2.00 bits per heavy atom. The molecular weight excluding hydrogens is 358 g/mol. The van der Waals surface area contributed by atoms with Crippen LogP contribution in [0.3, 0.4) is 0 Å². The number of carbonyl (C=O) groups excluding carboxylic acids is 1.